The van der Waals surface area contributed by atoms with E-state index < -0.39 is 0 Å². The van der Waals surface area contributed by atoms with Gasteiger partial charge in [0.2, 0.25) is 0 Å². The maximum atomic E-state index is 9.39. The van der Waals surface area contributed by atoms with E-state index in [1.165, 1.54) is 17.5 Å². The first-order chi connectivity index (χ1) is 8.90. The first-order valence-electron chi connectivity index (χ1n) is 6.94. The van der Waals surface area contributed by atoms with Crippen LogP contribution in [0, 0.1) is 0 Å². The second-order valence-electron chi connectivity index (χ2n) is 5.27. The molecule has 0 bridgehead atoms. The number of fused-ring (bicyclic) bond motifs is 1. The first-order valence-corrected chi connectivity index (χ1v) is 6.94. The van der Waals surface area contributed by atoms with Crippen LogP contribution in [0.5, 0.6) is 0 Å². The summed E-state index contributed by atoms with van der Waals surface area (Å²) in [6.07, 6.45) is 9.99. The van der Waals surface area contributed by atoms with Gasteiger partial charge in [-0.25, -0.2) is 0 Å². The zero-order valence-corrected chi connectivity index (χ0v) is 10.7. The molecule has 0 saturated heterocycles. The lowest BCUT2D eigenvalue weighted by atomic mass is 9.82. The van der Waals surface area contributed by atoms with E-state index in [0.717, 1.165) is 25.7 Å². The monoisotopic (exact) mass is 240 g/mol. The summed E-state index contributed by atoms with van der Waals surface area (Å²) in [6, 6.07) is 8.78. The second kappa shape index (κ2) is 5.11. The zero-order valence-electron chi connectivity index (χ0n) is 10.7. The van der Waals surface area contributed by atoms with Crippen LogP contribution in [0.1, 0.15) is 42.7 Å². The number of aliphatic hydroxyl groups excluding tert-OH is 1. The van der Waals surface area contributed by atoms with Gasteiger partial charge in [0.25, 0.3) is 0 Å². The Labute approximate surface area is 109 Å². The summed E-state index contributed by atoms with van der Waals surface area (Å²) in [5.41, 5.74) is 6.13. The quantitative estimate of drug-likeness (QED) is 0.781. The molecule has 0 radical (unpaired) electrons. The highest BCUT2D eigenvalue weighted by molar-refractivity contribution is 5.43. The molecule has 2 aliphatic rings. The number of allylic oxidation sites excluding steroid dienone is 4. The normalized spacial score (nSPS) is 22.4. The summed E-state index contributed by atoms with van der Waals surface area (Å²) in [7, 11) is 0. The third kappa shape index (κ3) is 2.04. The molecule has 1 atom stereocenters. The number of benzene rings is 1. The van der Waals surface area contributed by atoms with Crippen LogP contribution in [-0.2, 0) is 6.42 Å². The van der Waals surface area contributed by atoms with E-state index in [1.54, 1.807) is 11.1 Å². The van der Waals surface area contributed by atoms with Crippen LogP contribution in [0.25, 0.3) is 0 Å². The van der Waals surface area contributed by atoms with Gasteiger partial charge in [0.1, 0.15) is 0 Å². The summed E-state index contributed by atoms with van der Waals surface area (Å²) in [5, 5.41) is 9.39. The molecule has 0 aliphatic heterocycles. The zero-order chi connectivity index (χ0) is 12.4. The molecular formula is C17H20O. The highest BCUT2D eigenvalue weighted by Gasteiger charge is 2.25. The van der Waals surface area contributed by atoms with Crippen LogP contribution in [0.15, 0.2) is 47.6 Å². The summed E-state index contributed by atoms with van der Waals surface area (Å²) >= 11 is 0. The van der Waals surface area contributed by atoms with Crippen molar-refractivity contribution in [2.24, 2.45) is 0 Å². The fraction of sp³-hybridized carbons (Fsp3) is 0.412. The van der Waals surface area contributed by atoms with E-state index in [-0.39, 0.29) is 6.61 Å². The predicted octanol–water partition coefficient (Wildman–Crippen LogP) is 3.75. The van der Waals surface area contributed by atoms with Crippen molar-refractivity contribution >= 4 is 0 Å². The minimum Gasteiger partial charge on any atom is -0.396 e. The Morgan fingerprint density at radius 1 is 1.06 bits per heavy atom. The van der Waals surface area contributed by atoms with Gasteiger partial charge in [-0.1, -0.05) is 47.6 Å². The number of aliphatic hydroxyl groups is 1. The molecule has 0 aromatic heterocycles. The minimum atomic E-state index is 0.277. The van der Waals surface area contributed by atoms with Gasteiger partial charge in [0, 0.05) is 12.5 Å². The molecule has 1 heteroatoms. The number of hydrogen-bond donors (Lipinski definition) is 1. The standard InChI is InChI=1S/C17H20O/c18-12-11-17-15-7-3-1-5-13(15)9-10-14-6-2-4-8-16(14)17/h1-5,7,17-18H,6,8-12H2. The van der Waals surface area contributed by atoms with Gasteiger partial charge < -0.3 is 5.11 Å². The summed E-state index contributed by atoms with van der Waals surface area (Å²) in [4.78, 5) is 0. The Kier molecular flexibility index (Phi) is 3.33. The molecule has 1 unspecified atom stereocenters. The van der Waals surface area contributed by atoms with Crippen LogP contribution in [0.4, 0.5) is 0 Å². The fourth-order valence-electron chi connectivity index (χ4n) is 3.40. The summed E-state index contributed by atoms with van der Waals surface area (Å²) in [6.45, 7) is 0.277. The van der Waals surface area contributed by atoms with Gasteiger partial charge in [-0.05, 0) is 43.2 Å². The van der Waals surface area contributed by atoms with E-state index in [4.69, 9.17) is 0 Å². The summed E-state index contributed by atoms with van der Waals surface area (Å²) < 4.78 is 0. The van der Waals surface area contributed by atoms with Crippen molar-refractivity contribution in [3.8, 4) is 0 Å². The van der Waals surface area contributed by atoms with Crippen molar-refractivity contribution in [3.05, 3.63) is 58.7 Å². The topological polar surface area (TPSA) is 20.2 Å². The van der Waals surface area contributed by atoms with Gasteiger partial charge in [0.05, 0.1) is 0 Å². The van der Waals surface area contributed by atoms with Crippen molar-refractivity contribution < 1.29 is 5.11 Å². The molecule has 1 aromatic carbocycles. The molecule has 18 heavy (non-hydrogen) atoms. The number of rotatable bonds is 2. The highest BCUT2D eigenvalue weighted by Crippen LogP contribution is 2.41. The van der Waals surface area contributed by atoms with Crippen LogP contribution in [0.3, 0.4) is 0 Å². The molecule has 0 amide bonds. The fourth-order valence-corrected chi connectivity index (χ4v) is 3.40. The minimum absolute atomic E-state index is 0.277. The molecule has 2 aliphatic carbocycles. The average molecular weight is 240 g/mol. The average Bonchev–Trinajstić information content (AvgIpc) is 2.58. The smallest absolute Gasteiger partial charge is 0.0439 e. The molecule has 0 saturated carbocycles. The molecule has 0 heterocycles. The van der Waals surface area contributed by atoms with E-state index in [0.29, 0.717) is 5.92 Å². The highest BCUT2D eigenvalue weighted by atomic mass is 16.3. The largest absolute Gasteiger partial charge is 0.396 e. The SMILES string of the molecule is OCCC1C2=C(CC=CC2)CCc2ccccc21. The lowest BCUT2D eigenvalue weighted by Gasteiger charge is -2.24. The van der Waals surface area contributed by atoms with Crippen LogP contribution >= 0.6 is 0 Å². The van der Waals surface area contributed by atoms with E-state index in [2.05, 4.69) is 36.4 Å². The van der Waals surface area contributed by atoms with E-state index >= 15 is 0 Å². The summed E-state index contributed by atoms with van der Waals surface area (Å²) in [5.74, 6) is 0.439. The Hall–Kier alpha value is -1.34. The molecule has 1 aromatic rings. The Balaban J connectivity index is 2.05. The van der Waals surface area contributed by atoms with Gasteiger partial charge in [-0.2, -0.15) is 0 Å². The lowest BCUT2D eigenvalue weighted by Crippen LogP contribution is -2.08. The molecule has 1 nitrogen and oxygen atoms in total. The first kappa shape index (κ1) is 11.7. The molecule has 0 spiro atoms. The van der Waals surface area contributed by atoms with Gasteiger partial charge in [0.15, 0.2) is 0 Å². The van der Waals surface area contributed by atoms with Crippen LogP contribution in [-0.4, -0.2) is 11.7 Å². The molecular weight excluding hydrogens is 220 g/mol. The van der Waals surface area contributed by atoms with E-state index in [1.807, 2.05) is 0 Å². The van der Waals surface area contributed by atoms with Crippen molar-refractivity contribution in [3.63, 3.8) is 0 Å². The third-order valence-corrected chi connectivity index (χ3v) is 4.29. The van der Waals surface area contributed by atoms with Gasteiger partial charge >= 0.3 is 0 Å². The van der Waals surface area contributed by atoms with Crippen molar-refractivity contribution in [1.29, 1.82) is 0 Å². The number of hydrogen-bond acceptors (Lipinski definition) is 1. The van der Waals surface area contributed by atoms with E-state index in [9.17, 15) is 5.11 Å². The Morgan fingerprint density at radius 2 is 1.89 bits per heavy atom. The second-order valence-corrected chi connectivity index (χ2v) is 5.27. The van der Waals surface area contributed by atoms with Crippen molar-refractivity contribution in [2.45, 2.75) is 38.0 Å². The third-order valence-electron chi connectivity index (χ3n) is 4.29. The molecule has 3 rings (SSSR count). The van der Waals surface area contributed by atoms with Crippen molar-refractivity contribution in [2.75, 3.05) is 6.61 Å². The Morgan fingerprint density at radius 3 is 2.78 bits per heavy atom. The molecule has 94 valence electrons. The number of aryl methyl sites for hydroxylation is 1. The van der Waals surface area contributed by atoms with Gasteiger partial charge in [-0.15, -0.1) is 0 Å². The maximum Gasteiger partial charge on any atom is 0.0439 e. The van der Waals surface area contributed by atoms with Gasteiger partial charge in [-0.3, -0.25) is 0 Å². The van der Waals surface area contributed by atoms with Crippen LogP contribution in [0.2, 0.25) is 0 Å². The maximum absolute atomic E-state index is 9.39. The predicted molar refractivity (Wildman–Crippen MR) is 74.6 cm³/mol. The Bertz CT molecular complexity index is 496. The van der Waals surface area contributed by atoms with Crippen molar-refractivity contribution in [1.82, 2.24) is 0 Å². The van der Waals surface area contributed by atoms with Crippen LogP contribution < -0.4 is 0 Å². The molecule has 0 fully saturated rings. The lowest BCUT2D eigenvalue weighted by molar-refractivity contribution is 0.280. The molecule has 1 N–H and O–H groups in total.